The lowest BCUT2D eigenvalue weighted by Gasteiger charge is -2.10. The van der Waals surface area contributed by atoms with Crippen LogP contribution in [0.2, 0.25) is 0 Å². The van der Waals surface area contributed by atoms with Gasteiger partial charge in [-0.05, 0) is 36.4 Å². The Morgan fingerprint density at radius 3 is 2.09 bits per heavy atom. The molecule has 120 valence electrons. The van der Waals surface area contributed by atoms with Gasteiger partial charge in [-0.3, -0.25) is 9.59 Å². The van der Waals surface area contributed by atoms with Crippen LogP contribution in [0.4, 0.5) is 28.9 Å². The van der Waals surface area contributed by atoms with Gasteiger partial charge in [0.25, 0.3) is 5.91 Å². The number of carbonyl (C=O) groups excluding carboxylic acids is 2. The summed E-state index contributed by atoms with van der Waals surface area (Å²) in [6.45, 7) is 0. The maximum absolute atomic E-state index is 13.1. The molecule has 4 nitrogen and oxygen atoms in total. The van der Waals surface area contributed by atoms with Gasteiger partial charge in [-0.15, -0.1) is 0 Å². The van der Waals surface area contributed by atoms with E-state index in [2.05, 4.69) is 5.32 Å². The molecule has 2 rings (SSSR count). The van der Waals surface area contributed by atoms with Gasteiger partial charge < -0.3 is 10.6 Å². The minimum Gasteiger partial charge on any atom is -0.322 e. The standard InChI is InChI=1S/C15H10F4N2O2/c16-10-4-1-3-9(7-10)13(22)20-11-5-2-6-12(8-11)21-14(23)15(17,18)19/h1-8H,(H,20,22)(H,21,23). The molecule has 0 aliphatic heterocycles. The number of anilines is 2. The lowest BCUT2D eigenvalue weighted by atomic mass is 10.2. The fraction of sp³-hybridized carbons (Fsp3) is 0.0667. The van der Waals surface area contributed by atoms with Gasteiger partial charge >= 0.3 is 12.1 Å². The van der Waals surface area contributed by atoms with Gasteiger partial charge in [0.15, 0.2) is 0 Å². The summed E-state index contributed by atoms with van der Waals surface area (Å²) in [4.78, 5) is 22.8. The van der Waals surface area contributed by atoms with E-state index in [4.69, 9.17) is 0 Å². The first-order valence-electron chi connectivity index (χ1n) is 6.31. The van der Waals surface area contributed by atoms with Crippen molar-refractivity contribution in [1.82, 2.24) is 0 Å². The lowest BCUT2D eigenvalue weighted by Crippen LogP contribution is -2.29. The van der Waals surface area contributed by atoms with E-state index in [1.54, 1.807) is 5.32 Å². The Kier molecular flexibility index (Phi) is 4.63. The molecule has 0 saturated heterocycles. The van der Waals surface area contributed by atoms with E-state index in [9.17, 15) is 27.2 Å². The molecule has 0 bridgehead atoms. The third kappa shape index (κ3) is 4.53. The second-order valence-corrected chi connectivity index (χ2v) is 4.50. The highest BCUT2D eigenvalue weighted by Gasteiger charge is 2.38. The fourth-order valence-electron chi connectivity index (χ4n) is 1.71. The van der Waals surface area contributed by atoms with Crippen LogP contribution in [0.3, 0.4) is 0 Å². The van der Waals surface area contributed by atoms with E-state index >= 15 is 0 Å². The summed E-state index contributed by atoms with van der Waals surface area (Å²) in [6, 6.07) is 10.1. The Morgan fingerprint density at radius 2 is 1.48 bits per heavy atom. The van der Waals surface area contributed by atoms with Crippen molar-refractivity contribution in [2.75, 3.05) is 10.6 Å². The largest absolute Gasteiger partial charge is 0.471 e. The molecule has 8 heteroatoms. The summed E-state index contributed by atoms with van der Waals surface area (Å²) in [6.07, 6.45) is -5.01. The molecule has 0 atom stereocenters. The number of halogens is 4. The van der Waals surface area contributed by atoms with Gasteiger partial charge in [-0.2, -0.15) is 13.2 Å². The van der Waals surface area contributed by atoms with Crippen molar-refractivity contribution in [1.29, 1.82) is 0 Å². The number of nitrogens with one attached hydrogen (secondary N) is 2. The smallest absolute Gasteiger partial charge is 0.322 e. The summed E-state index contributed by atoms with van der Waals surface area (Å²) in [5.41, 5.74) is 0.0679. The quantitative estimate of drug-likeness (QED) is 0.847. The van der Waals surface area contributed by atoms with Crippen molar-refractivity contribution in [2.24, 2.45) is 0 Å². The summed E-state index contributed by atoms with van der Waals surface area (Å²) in [7, 11) is 0. The summed E-state index contributed by atoms with van der Waals surface area (Å²) >= 11 is 0. The SMILES string of the molecule is O=C(Nc1cccc(NC(=O)C(F)(F)F)c1)c1cccc(F)c1. The molecule has 0 radical (unpaired) electrons. The Labute approximate surface area is 128 Å². The molecular formula is C15H10F4N2O2. The maximum Gasteiger partial charge on any atom is 0.471 e. The third-order valence-electron chi connectivity index (χ3n) is 2.72. The van der Waals surface area contributed by atoms with Crippen LogP contribution in [0.25, 0.3) is 0 Å². The number of benzene rings is 2. The average Bonchev–Trinajstić information content (AvgIpc) is 2.46. The molecule has 0 unspecified atom stereocenters. The minimum absolute atomic E-state index is 0.0507. The number of hydrogen-bond acceptors (Lipinski definition) is 2. The van der Waals surface area contributed by atoms with Crippen LogP contribution in [-0.4, -0.2) is 18.0 Å². The van der Waals surface area contributed by atoms with Crippen LogP contribution in [-0.2, 0) is 4.79 Å². The van der Waals surface area contributed by atoms with Crippen molar-refractivity contribution in [2.45, 2.75) is 6.18 Å². The van der Waals surface area contributed by atoms with E-state index in [0.29, 0.717) is 0 Å². The van der Waals surface area contributed by atoms with Crippen LogP contribution in [0.1, 0.15) is 10.4 Å². The van der Waals surface area contributed by atoms with Crippen molar-refractivity contribution in [3.05, 3.63) is 59.9 Å². The molecule has 2 aromatic rings. The molecule has 2 N–H and O–H groups in total. The van der Waals surface area contributed by atoms with Gasteiger partial charge in [0.1, 0.15) is 5.82 Å². The molecule has 0 aliphatic carbocycles. The molecule has 0 fully saturated rings. The molecular weight excluding hydrogens is 316 g/mol. The lowest BCUT2D eigenvalue weighted by molar-refractivity contribution is -0.167. The monoisotopic (exact) mass is 326 g/mol. The zero-order valence-electron chi connectivity index (χ0n) is 11.4. The molecule has 0 heterocycles. The van der Waals surface area contributed by atoms with Crippen LogP contribution in [0.15, 0.2) is 48.5 Å². The molecule has 23 heavy (non-hydrogen) atoms. The minimum atomic E-state index is -5.01. The predicted octanol–water partition coefficient (Wildman–Crippen LogP) is 3.58. The van der Waals surface area contributed by atoms with Gasteiger partial charge in [-0.25, -0.2) is 4.39 Å². The Hall–Kier alpha value is -2.90. The average molecular weight is 326 g/mol. The molecule has 0 saturated carbocycles. The zero-order valence-corrected chi connectivity index (χ0v) is 11.4. The third-order valence-corrected chi connectivity index (χ3v) is 2.72. The number of amides is 2. The number of rotatable bonds is 3. The number of hydrogen-bond donors (Lipinski definition) is 2. The summed E-state index contributed by atoms with van der Waals surface area (Å²) in [5.74, 6) is -3.35. The zero-order chi connectivity index (χ0) is 17.0. The summed E-state index contributed by atoms with van der Waals surface area (Å²) in [5, 5.41) is 4.07. The van der Waals surface area contributed by atoms with E-state index in [-0.39, 0.29) is 16.9 Å². The molecule has 0 aliphatic rings. The number of carbonyl (C=O) groups is 2. The highest BCUT2D eigenvalue weighted by atomic mass is 19.4. The second kappa shape index (κ2) is 6.47. The second-order valence-electron chi connectivity index (χ2n) is 4.50. The Morgan fingerprint density at radius 1 is 0.870 bits per heavy atom. The van der Waals surface area contributed by atoms with Crippen LogP contribution in [0, 0.1) is 5.82 Å². The number of alkyl halides is 3. The molecule has 0 spiro atoms. The van der Waals surface area contributed by atoms with Crippen LogP contribution < -0.4 is 10.6 Å². The van der Waals surface area contributed by atoms with Crippen molar-refractivity contribution >= 4 is 23.2 Å². The van der Waals surface area contributed by atoms with Crippen molar-refractivity contribution in [3.63, 3.8) is 0 Å². The molecule has 2 amide bonds. The van der Waals surface area contributed by atoms with Crippen molar-refractivity contribution < 1.29 is 27.2 Å². The van der Waals surface area contributed by atoms with Crippen LogP contribution in [0.5, 0.6) is 0 Å². The molecule has 2 aromatic carbocycles. The summed E-state index contributed by atoms with van der Waals surface area (Å²) < 4.78 is 49.6. The van der Waals surface area contributed by atoms with Gasteiger partial charge in [0, 0.05) is 16.9 Å². The maximum atomic E-state index is 13.1. The Bertz CT molecular complexity index is 744. The first-order chi connectivity index (χ1) is 10.8. The van der Waals surface area contributed by atoms with E-state index in [1.807, 2.05) is 0 Å². The van der Waals surface area contributed by atoms with Gasteiger partial charge in [0.05, 0.1) is 0 Å². The van der Waals surface area contributed by atoms with Gasteiger partial charge in [0.2, 0.25) is 0 Å². The van der Waals surface area contributed by atoms with E-state index < -0.39 is 23.8 Å². The Balaban J connectivity index is 2.11. The van der Waals surface area contributed by atoms with Crippen molar-refractivity contribution in [3.8, 4) is 0 Å². The molecule has 0 aromatic heterocycles. The first-order valence-corrected chi connectivity index (χ1v) is 6.31. The highest BCUT2D eigenvalue weighted by molar-refractivity contribution is 6.04. The topological polar surface area (TPSA) is 58.2 Å². The van der Waals surface area contributed by atoms with E-state index in [1.165, 1.54) is 36.4 Å². The highest BCUT2D eigenvalue weighted by Crippen LogP contribution is 2.21. The van der Waals surface area contributed by atoms with Gasteiger partial charge in [-0.1, -0.05) is 12.1 Å². The normalized spacial score (nSPS) is 11.0. The van der Waals surface area contributed by atoms with E-state index in [0.717, 1.165) is 12.1 Å². The first kappa shape index (κ1) is 16.5. The predicted molar refractivity (Wildman–Crippen MR) is 75.5 cm³/mol. The fourth-order valence-corrected chi connectivity index (χ4v) is 1.71. The van der Waals surface area contributed by atoms with Crippen LogP contribution >= 0.6 is 0 Å².